The van der Waals surface area contributed by atoms with Crippen LogP contribution in [0.4, 0.5) is 0 Å². The van der Waals surface area contributed by atoms with E-state index < -0.39 is 14.8 Å². The molecular formula is C16H23NO3S. The number of aliphatic hydroxyl groups excluding tert-OH is 1. The molecule has 116 valence electrons. The van der Waals surface area contributed by atoms with Gasteiger partial charge in [-0.2, -0.15) is 0 Å². The highest BCUT2D eigenvalue weighted by molar-refractivity contribution is 7.90. The van der Waals surface area contributed by atoms with Crippen molar-refractivity contribution in [2.75, 3.05) is 13.7 Å². The van der Waals surface area contributed by atoms with Crippen LogP contribution in [0.3, 0.4) is 0 Å². The second-order valence-electron chi connectivity index (χ2n) is 5.85. The van der Waals surface area contributed by atoms with Crippen LogP contribution in [0, 0.1) is 11.8 Å². The van der Waals surface area contributed by atoms with Crippen LogP contribution in [0.5, 0.6) is 0 Å². The Bertz CT molecular complexity index is 633. The number of nitrogens with zero attached hydrogens (tertiary/aromatic N) is 1. The highest BCUT2D eigenvalue weighted by Gasteiger charge is 2.32. The largest absolute Gasteiger partial charge is 0.395 e. The molecule has 0 aliphatic rings. The van der Waals surface area contributed by atoms with Crippen molar-refractivity contribution >= 4 is 10.0 Å². The number of sulfonamides is 1. The third-order valence-electron chi connectivity index (χ3n) is 2.99. The fourth-order valence-electron chi connectivity index (χ4n) is 1.78. The van der Waals surface area contributed by atoms with Gasteiger partial charge in [-0.15, -0.1) is 0 Å². The minimum Gasteiger partial charge on any atom is -0.395 e. The molecule has 0 unspecified atom stereocenters. The molecule has 4 nitrogen and oxygen atoms in total. The first-order valence-electron chi connectivity index (χ1n) is 6.83. The van der Waals surface area contributed by atoms with E-state index in [1.807, 2.05) is 24.3 Å². The molecule has 1 N–H and O–H groups in total. The number of hydrogen-bond donors (Lipinski definition) is 1. The highest BCUT2D eigenvalue weighted by atomic mass is 32.2. The van der Waals surface area contributed by atoms with Gasteiger partial charge in [0.1, 0.15) is 0 Å². The smallest absolute Gasteiger partial charge is 0.219 e. The molecule has 0 saturated heterocycles. The molecule has 0 heterocycles. The van der Waals surface area contributed by atoms with Crippen molar-refractivity contribution in [1.82, 2.24) is 4.31 Å². The third kappa shape index (κ3) is 4.85. The van der Waals surface area contributed by atoms with E-state index in [-0.39, 0.29) is 6.61 Å². The van der Waals surface area contributed by atoms with Crippen LogP contribution in [0.2, 0.25) is 0 Å². The van der Waals surface area contributed by atoms with E-state index in [0.29, 0.717) is 13.0 Å². The lowest BCUT2D eigenvalue weighted by molar-refractivity contribution is 0.305. The van der Waals surface area contributed by atoms with Crippen LogP contribution in [0.1, 0.15) is 38.3 Å². The van der Waals surface area contributed by atoms with Gasteiger partial charge in [0.25, 0.3) is 0 Å². The Morgan fingerprint density at radius 3 is 2.52 bits per heavy atom. The highest BCUT2D eigenvalue weighted by Crippen LogP contribution is 2.20. The number of hydrogen-bond acceptors (Lipinski definition) is 3. The molecule has 0 aliphatic heterocycles. The second kappa shape index (κ2) is 7.08. The molecule has 0 aliphatic carbocycles. The molecule has 21 heavy (non-hydrogen) atoms. The van der Waals surface area contributed by atoms with Gasteiger partial charge in [0, 0.05) is 25.6 Å². The third-order valence-corrected chi connectivity index (χ3v) is 5.48. The summed E-state index contributed by atoms with van der Waals surface area (Å²) in [5.74, 6) is 5.80. The van der Waals surface area contributed by atoms with Crippen LogP contribution in [0.25, 0.3) is 0 Å². The summed E-state index contributed by atoms with van der Waals surface area (Å²) in [6.45, 7) is 5.43. The fourth-order valence-corrected chi connectivity index (χ4v) is 3.03. The van der Waals surface area contributed by atoms with Crippen LogP contribution >= 0.6 is 0 Å². The molecule has 0 radical (unpaired) electrons. The summed E-state index contributed by atoms with van der Waals surface area (Å²) in [5, 5.41) is 8.71. The molecule has 1 rings (SSSR count). The minimum atomic E-state index is -3.34. The molecule has 0 atom stereocenters. The Labute approximate surface area is 127 Å². The maximum absolute atomic E-state index is 12.3. The summed E-state index contributed by atoms with van der Waals surface area (Å²) in [5.41, 5.74) is 1.71. The molecule has 0 amide bonds. The normalized spacial score (nSPS) is 12.1. The Morgan fingerprint density at radius 2 is 1.95 bits per heavy atom. The van der Waals surface area contributed by atoms with Gasteiger partial charge in [0.2, 0.25) is 10.0 Å². The van der Waals surface area contributed by atoms with Gasteiger partial charge >= 0.3 is 0 Å². The zero-order chi connectivity index (χ0) is 16.1. The van der Waals surface area contributed by atoms with Crippen molar-refractivity contribution in [3.63, 3.8) is 0 Å². The SMILES string of the molecule is CN(Cc1cccc(C#CCCO)c1)S(=O)(=O)C(C)(C)C. The van der Waals surface area contributed by atoms with E-state index in [4.69, 9.17) is 5.11 Å². The lowest BCUT2D eigenvalue weighted by atomic mass is 10.1. The summed E-state index contributed by atoms with van der Waals surface area (Å²) < 4.78 is 25.2. The summed E-state index contributed by atoms with van der Waals surface area (Å²) in [7, 11) is -1.76. The monoisotopic (exact) mass is 309 g/mol. The van der Waals surface area contributed by atoms with E-state index in [2.05, 4.69) is 11.8 Å². The van der Waals surface area contributed by atoms with Crippen LogP contribution in [0.15, 0.2) is 24.3 Å². The van der Waals surface area contributed by atoms with E-state index in [1.54, 1.807) is 27.8 Å². The van der Waals surface area contributed by atoms with Gasteiger partial charge < -0.3 is 5.11 Å². The summed E-state index contributed by atoms with van der Waals surface area (Å²) in [6, 6.07) is 7.48. The molecule has 0 fully saturated rings. The molecule has 0 spiro atoms. The average molecular weight is 309 g/mol. The van der Waals surface area contributed by atoms with Gasteiger partial charge in [-0.1, -0.05) is 24.0 Å². The zero-order valence-electron chi connectivity index (χ0n) is 13.0. The molecule has 1 aromatic rings. The lowest BCUT2D eigenvalue weighted by Gasteiger charge is -2.26. The first kappa shape index (κ1) is 17.7. The molecule has 0 saturated carbocycles. The van der Waals surface area contributed by atoms with Gasteiger partial charge in [-0.25, -0.2) is 12.7 Å². The Morgan fingerprint density at radius 1 is 1.29 bits per heavy atom. The predicted molar refractivity (Wildman–Crippen MR) is 85.2 cm³/mol. The summed E-state index contributed by atoms with van der Waals surface area (Å²) >= 11 is 0. The first-order chi connectivity index (χ1) is 9.68. The predicted octanol–water partition coefficient (Wildman–Crippen LogP) is 1.98. The van der Waals surface area contributed by atoms with Crippen LogP contribution in [-0.2, 0) is 16.6 Å². The minimum absolute atomic E-state index is 0.0409. The van der Waals surface area contributed by atoms with E-state index in [9.17, 15) is 8.42 Å². The Hall–Kier alpha value is -1.35. The Balaban J connectivity index is 2.90. The van der Waals surface area contributed by atoms with E-state index >= 15 is 0 Å². The van der Waals surface area contributed by atoms with Crippen LogP contribution < -0.4 is 0 Å². The maximum atomic E-state index is 12.3. The van der Waals surface area contributed by atoms with Crippen LogP contribution in [-0.4, -0.2) is 36.2 Å². The van der Waals surface area contributed by atoms with Crippen molar-refractivity contribution in [3.05, 3.63) is 35.4 Å². The maximum Gasteiger partial charge on any atom is 0.219 e. The van der Waals surface area contributed by atoms with Crippen molar-refractivity contribution < 1.29 is 13.5 Å². The number of rotatable bonds is 4. The quantitative estimate of drug-likeness (QED) is 0.865. The molecule has 0 aromatic heterocycles. The molecule has 0 bridgehead atoms. The summed E-state index contributed by atoms with van der Waals surface area (Å²) in [6.07, 6.45) is 0.433. The van der Waals surface area contributed by atoms with Crippen molar-refractivity contribution in [3.8, 4) is 11.8 Å². The van der Waals surface area contributed by atoms with Crippen molar-refractivity contribution in [2.24, 2.45) is 0 Å². The topological polar surface area (TPSA) is 57.6 Å². The Kier molecular flexibility index (Phi) is 5.97. The lowest BCUT2D eigenvalue weighted by Crippen LogP contribution is -2.40. The average Bonchev–Trinajstić information content (AvgIpc) is 2.38. The molecular weight excluding hydrogens is 286 g/mol. The van der Waals surface area contributed by atoms with E-state index in [0.717, 1.165) is 11.1 Å². The van der Waals surface area contributed by atoms with Crippen molar-refractivity contribution in [2.45, 2.75) is 38.5 Å². The van der Waals surface area contributed by atoms with E-state index in [1.165, 1.54) is 4.31 Å². The molecule has 5 heteroatoms. The molecule has 1 aromatic carbocycles. The summed E-state index contributed by atoms with van der Waals surface area (Å²) in [4.78, 5) is 0. The van der Waals surface area contributed by atoms with Gasteiger partial charge in [-0.05, 0) is 38.5 Å². The van der Waals surface area contributed by atoms with Crippen molar-refractivity contribution in [1.29, 1.82) is 0 Å². The number of aliphatic hydroxyl groups is 1. The standard InChI is InChI=1S/C16H23NO3S/c1-16(2,3)21(19,20)17(4)13-15-10-7-9-14(12-15)8-5-6-11-18/h7,9-10,12,18H,6,11,13H2,1-4H3. The van der Waals surface area contributed by atoms with Gasteiger partial charge in [-0.3, -0.25) is 0 Å². The zero-order valence-corrected chi connectivity index (χ0v) is 13.9. The van der Waals surface area contributed by atoms with Gasteiger partial charge in [0.05, 0.1) is 11.4 Å². The second-order valence-corrected chi connectivity index (χ2v) is 8.65. The number of benzene rings is 1. The fraction of sp³-hybridized carbons (Fsp3) is 0.500. The first-order valence-corrected chi connectivity index (χ1v) is 8.27. The van der Waals surface area contributed by atoms with Gasteiger partial charge in [0.15, 0.2) is 0 Å².